The predicted octanol–water partition coefficient (Wildman–Crippen LogP) is 11.5. The van der Waals surface area contributed by atoms with Gasteiger partial charge in [-0.05, 0) is 45.3 Å². The molecule has 0 heterocycles. The number of phenols is 1. The summed E-state index contributed by atoms with van der Waals surface area (Å²) in [6.07, 6.45) is 17.9. The zero-order valence-electron chi connectivity index (χ0n) is 25.8. The van der Waals surface area contributed by atoms with Gasteiger partial charge in [0.1, 0.15) is 5.75 Å². The van der Waals surface area contributed by atoms with E-state index in [-0.39, 0.29) is 16.2 Å². The third kappa shape index (κ3) is 10.5. The van der Waals surface area contributed by atoms with Gasteiger partial charge in [0.2, 0.25) is 0 Å². The summed E-state index contributed by atoms with van der Waals surface area (Å²) in [6.45, 7) is 25.1. The minimum atomic E-state index is -0.0918. The van der Waals surface area contributed by atoms with Crippen LogP contribution < -0.4 is 0 Å². The molecule has 0 bridgehead atoms. The van der Waals surface area contributed by atoms with Crippen LogP contribution in [0, 0.1) is 0 Å². The summed E-state index contributed by atoms with van der Waals surface area (Å²) in [6, 6.07) is 2.33. The van der Waals surface area contributed by atoms with Crippen molar-refractivity contribution in [3.63, 3.8) is 0 Å². The van der Waals surface area contributed by atoms with Crippen LogP contribution in [-0.4, -0.2) is 5.11 Å². The van der Waals surface area contributed by atoms with Gasteiger partial charge in [-0.1, -0.05) is 159 Å². The van der Waals surface area contributed by atoms with Gasteiger partial charge in [-0.2, -0.15) is 0 Å². The third-order valence-corrected chi connectivity index (χ3v) is 7.69. The van der Waals surface area contributed by atoms with Crippen LogP contribution in [0.1, 0.15) is 188 Å². The molecule has 0 aromatic heterocycles. The van der Waals surface area contributed by atoms with Gasteiger partial charge in [0.15, 0.2) is 0 Å². The number of rotatable bonds is 14. The second-order valence-electron chi connectivity index (χ2n) is 14.4. The lowest BCUT2D eigenvalue weighted by Gasteiger charge is -2.37. The van der Waals surface area contributed by atoms with Crippen molar-refractivity contribution in [3.8, 4) is 5.75 Å². The predicted molar refractivity (Wildman–Crippen MR) is 158 cm³/mol. The Morgan fingerprint density at radius 3 is 1.37 bits per heavy atom. The second-order valence-corrected chi connectivity index (χ2v) is 14.4. The number of unbranched alkanes of at least 4 members (excludes halogenated alkanes) is 11. The number of phenolic OH excluding ortho intramolecular Hbond substituents is 1. The smallest absolute Gasteiger partial charge is 0.123 e. The average Bonchev–Trinajstić information content (AvgIpc) is 2.71. The largest absolute Gasteiger partial charge is 0.507 e. The van der Waals surface area contributed by atoms with E-state index < -0.39 is 0 Å². The van der Waals surface area contributed by atoms with Crippen molar-refractivity contribution in [2.45, 2.75) is 182 Å². The maximum atomic E-state index is 11.6. The molecule has 0 saturated carbocycles. The molecule has 1 atom stereocenters. The Hall–Kier alpha value is -0.980. The molecule has 0 saturated heterocycles. The minimum absolute atomic E-state index is 0.0494. The number of aromatic hydroxyl groups is 1. The number of benzene rings is 1. The highest BCUT2D eigenvalue weighted by molar-refractivity contribution is 5.57. The highest BCUT2D eigenvalue weighted by atomic mass is 16.3. The molecule has 1 rings (SSSR count). The maximum absolute atomic E-state index is 11.6. The van der Waals surface area contributed by atoms with Gasteiger partial charge in [-0.3, -0.25) is 0 Å². The summed E-state index contributed by atoms with van der Waals surface area (Å²) in [7, 11) is 0. The fraction of sp³-hybridized carbons (Fsp3) is 0.824. The highest BCUT2D eigenvalue weighted by Gasteiger charge is 2.34. The summed E-state index contributed by atoms with van der Waals surface area (Å²) in [5.74, 6) is 0.996. The maximum Gasteiger partial charge on any atom is 0.123 e. The van der Waals surface area contributed by atoms with E-state index in [1.54, 1.807) is 0 Å². The molecular weight excluding hydrogens is 424 g/mol. The van der Waals surface area contributed by atoms with Crippen molar-refractivity contribution in [2.24, 2.45) is 0 Å². The average molecular weight is 487 g/mol. The molecule has 0 aliphatic rings. The van der Waals surface area contributed by atoms with Crippen LogP contribution in [-0.2, 0) is 16.2 Å². The summed E-state index contributed by atoms with van der Waals surface area (Å²) in [4.78, 5) is 0. The molecule has 1 aromatic carbocycles. The topological polar surface area (TPSA) is 20.2 Å². The fourth-order valence-corrected chi connectivity index (χ4v) is 5.59. The van der Waals surface area contributed by atoms with Gasteiger partial charge in [0, 0.05) is 5.56 Å². The van der Waals surface area contributed by atoms with Gasteiger partial charge in [0.25, 0.3) is 0 Å². The standard InChI is InChI=1S/C34H62O/c1-12-13-14-15-16-17-18-19-20-21-22-23-24-26(2)29-27(32(3,4)5)25-28(33(6,7)8)31(35)30(29)34(9,10)11/h25-26,35H,12-24H2,1-11H3. The van der Waals surface area contributed by atoms with Crippen molar-refractivity contribution in [3.05, 3.63) is 28.3 Å². The van der Waals surface area contributed by atoms with Crippen molar-refractivity contribution in [2.75, 3.05) is 0 Å². The van der Waals surface area contributed by atoms with E-state index in [2.05, 4.69) is 82.2 Å². The lowest BCUT2D eigenvalue weighted by molar-refractivity contribution is 0.413. The SMILES string of the molecule is CCCCCCCCCCCCCCC(C)c1c(C(C)(C)C)cc(C(C)(C)C)c(O)c1C(C)(C)C. The molecule has 0 aliphatic heterocycles. The first-order valence-electron chi connectivity index (χ1n) is 15.0. The molecule has 1 unspecified atom stereocenters. The molecule has 1 heteroatoms. The van der Waals surface area contributed by atoms with Crippen LogP contribution in [0.5, 0.6) is 5.75 Å². The lowest BCUT2D eigenvalue weighted by atomic mass is 9.68. The Labute approximate surface area is 220 Å². The summed E-state index contributed by atoms with van der Waals surface area (Å²) in [5, 5.41) is 11.6. The fourth-order valence-electron chi connectivity index (χ4n) is 5.59. The summed E-state index contributed by atoms with van der Waals surface area (Å²) >= 11 is 0. The summed E-state index contributed by atoms with van der Waals surface area (Å²) in [5.41, 5.74) is 4.99. The van der Waals surface area contributed by atoms with E-state index in [1.165, 1.54) is 100 Å². The van der Waals surface area contributed by atoms with Crippen LogP contribution in [0.25, 0.3) is 0 Å². The molecule has 0 radical (unpaired) electrons. The molecule has 0 fully saturated rings. The molecule has 0 spiro atoms. The van der Waals surface area contributed by atoms with E-state index in [9.17, 15) is 5.11 Å². The first-order valence-corrected chi connectivity index (χ1v) is 15.0. The van der Waals surface area contributed by atoms with Gasteiger partial charge in [0.05, 0.1) is 0 Å². The van der Waals surface area contributed by atoms with E-state index in [4.69, 9.17) is 0 Å². The molecule has 1 N–H and O–H groups in total. The Bertz CT molecular complexity index is 736. The first kappa shape index (κ1) is 32.0. The Balaban J connectivity index is 2.83. The van der Waals surface area contributed by atoms with Crippen molar-refractivity contribution < 1.29 is 5.11 Å². The van der Waals surface area contributed by atoms with Crippen LogP contribution in [0.3, 0.4) is 0 Å². The van der Waals surface area contributed by atoms with E-state index >= 15 is 0 Å². The number of hydrogen-bond donors (Lipinski definition) is 1. The van der Waals surface area contributed by atoms with Gasteiger partial charge in [-0.25, -0.2) is 0 Å². The van der Waals surface area contributed by atoms with Crippen LogP contribution >= 0.6 is 0 Å². The quantitative estimate of drug-likeness (QED) is 0.259. The van der Waals surface area contributed by atoms with E-state index in [0.717, 1.165) is 5.56 Å². The Morgan fingerprint density at radius 2 is 1.00 bits per heavy atom. The van der Waals surface area contributed by atoms with Crippen LogP contribution in [0.15, 0.2) is 6.07 Å². The monoisotopic (exact) mass is 486 g/mol. The third-order valence-electron chi connectivity index (χ3n) is 7.69. The Kier molecular flexibility index (Phi) is 12.9. The highest BCUT2D eigenvalue weighted by Crippen LogP contribution is 2.48. The molecule has 35 heavy (non-hydrogen) atoms. The van der Waals surface area contributed by atoms with Gasteiger partial charge < -0.3 is 5.11 Å². The first-order chi connectivity index (χ1) is 16.1. The van der Waals surface area contributed by atoms with Crippen LogP contribution in [0.2, 0.25) is 0 Å². The summed E-state index contributed by atoms with van der Waals surface area (Å²) < 4.78 is 0. The molecule has 1 aromatic rings. The van der Waals surface area contributed by atoms with Crippen LogP contribution in [0.4, 0.5) is 0 Å². The molecule has 1 nitrogen and oxygen atoms in total. The molecular formula is C34H62O. The van der Waals surface area contributed by atoms with Crippen molar-refractivity contribution in [1.82, 2.24) is 0 Å². The van der Waals surface area contributed by atoms with Gasteiger partial charge >= 0.3 is 0 Å². The van der Waals surface area contributed by atoms with Gasteiger partial charge in [-0.15, -0.1) is 0 Å². The van der Waals surface area contributed by atoms with E-state index in [1.807, 2.05) is 0 Å². The van der Waals surface area contributed by atoms with Crippen molar-refractivity contribution >= 4 is 0 Å². The molecule has 204 valence electrons. The van der Waals surface area contributed by atoms with E-state index in [0.29, 0.717) is 11.7 Å². The lowest BCUT2D eigenvalue weighted by Crippen LogP contribution is -2.25. The zero-order valence-corrected chi connectivity index (χ0v) is 25.8. The zero-order chi connectivity index (χ0) is 26.9. The number of hydrogen-bond acceptors (Lipinski definition) is 1. The molecule has 0 amide bonds. The van der Waals surface area contributed by atoms with Crippen molar-refractivity contribution in [1.29, 1.82) is 0 Å². The Morgan fingerprint density at radius 1 is 0.600 bits per heavy atom. The second kappa shape index (κ2) is 14.1. The molecule has 0 aliphatic carbocycles. The minimum Gasteiger partial charge on any atom is -0.507 e. The normalized spacial score (nSPS) is 13.9.